The normalized spacial score (nSPS) is 11.1. The molecule has 0 aliphatic carbocycles. The van der Waals surface area contributed by atoms with Crippen LogP contribution in [0.4, 0.5) is 11.4 Å². The highest BCUT2D eigenvalue weighted by Gasteiger charge is 2.18. The van der Waals surface area contributed by atoms with Crippen molar-refractivity contribution in [3.05, 3.63) is 87.8 Å². The molecule has 0 saturated heterocycles. The maximum atomic E-state index is 12.7. The molecule has 0 spiro atoms. The molecule has 1 heterocycles. The lowest BCUT2D eigenvalue weighted by molar-refractivity contribution is 0.102. The highest BCUT2D eigenvalue weighted by atomic mass is 32.2. The lowest BCUT2D eigenvalue weighted by Crippen LogP contribution is -2.19. The van der Waals surface area contributed by atoms with E-state index in [9.17, 15) is 18.0 Å². The maximum absolute atomic E-state index is 12.7. The lowest BCUT2D eigenvalue weighted by atomic mass is 10.1. The number of H-pyrrole nitrogens is 1. The van der Waals surface area contributed by atoms with E-state index in [1.807, 2.05) is 26.0 Å². The fourth-order valence-electron chi connectivity index (χ4n) is 2.64. The van der Waals surface area contributed by atoms with E-state index < -0.39 is 15.9 Å². The highest BCUT2D eigenvalue weighted by Crippen LogP contribution is 2.21. The number of amides is 1. The lowest BCUT2D eigenvalue weighted by Gasteiger charge is -2.12. The molecule has 0 saturated carbocycles. The number of nitrogens with one attached hydrogen (secondary N) is 3. The van der Waals surface area contributed by atoms with Gasteiger partial charge in [-0.2, -0.15) is 0 Å². The predicted octanol–water partition coefficient (Wildman–Crippen LogP) is 3.04. The first-order valence-corrected chi connectivity index (χ1v) is 9.93. The van der Waals surface area contributed by atoms with Gasteiger partial charge in [0.2, 0.25) is 5.43 Å². The molecule has 0 aliphatic heterocycles. The number of benzene rings is 2. The summed E-state index contributed by atoms with van der Waals surface area (Å²) in [6, 6.07) is 12.3. The molecule has 3 N–H and O–H groups in total. The summed E-state index contributed by atoms with van der Waals surface area (Å²) in [4.78, 5) is 26.8. The number of aryl methyl sites for hydroxylation is 2. The second-order valence-corrected chi connectivity index (χ2v) is 8.01. The van der Waals surface area contributed by atoms with Crippen LogP contribution in [0.25, 0.3) is 0 Å². The van der Waals surface area contributed by atoms with Crippen molar-refractivity contribution in [3.63, 3.8) is 0 Å². The van der Waals surface area contributed by atoms with E-state index in [0.717, 1.165) is 11.1 Å². The van der Waals surface area contributed by atoms with Gasteiger partial charge in [-0.1, -0.05) is 23.8 Å². The summed E-state index contributed by atoms with van der Waals surface area (Å²) in [5, 5.41) is 2.47. The SMILES string of the molecule is Cc1ccc(NS(=O)(=O)c2cccc(C(=O)Nc3c[nH]ccc3=O)c2)c(C)c1. The Morgan fingerprint density at radius 1 is 1.00 bits per heavy atom. The van der Waals surface area contributed by atoms with Crippen molar-refractivity contribution in [2.24, 2.45) is 0 Å². The zero-order valence-electron chi connectivity index (χ0n) is 15.3. The van der Waals surface area contributed by atoms with Gasteiger partial charge in [0.05, 0.1) is 10.6 Å². The summed E-state index contributed by atoms with van der Waals surface area (Å²) >= 11 is 0. The molecular weight excluding hydrogens is 378 g/mol. The molecule has 144 valence electrons. The molecule has 7 nitrogen and oxygen atoms in total. The Morgan fingerprint density at radius 2 is 1.79 bits per heavy atom. The second-order valence-electron chi connectivity index (χ2n) is 6.33. The minimum Gasteiger partial charge on any atom is -0.366 e. The van der Waals surface area contributed by atoms with E-state index in [-0.39, 0.29) is 21.6 Å². The van der Waals surface area contributed by atoms with Gasteiger partial charge in [0.1, 0.15) is 5.69 Å². The summed E-state index contributed by atoms with van der Waals surface area (Å²) in [5.41, 5.74) is 2.13. The smallest absolute Gasteiger partial charge is 0.261 e. The second kappa shape index (κ2) is 7.69. The summed E-state index contributed by atoms with van der Waals surface area (Å²) in [5.74, 6) is -0.583. The molecule has 8 heteroatoms. The van der Waals surface area contributed by atoms with E-state index in [1.165, 1.54) is 42.7 Å². The fraction of sp³-hybridized carbons (Fsp3) is 0.100. The first kappa shape index (κ1) is 19.4. The molecule has 28 heavy (non-hydrogen) atoms. The molecule has 3 rings (SSSR count). The van der Waals surface area contributed by atoms with E-state index in [1.54, 1.807) is 6.07 Å². The number of rotatable bonds is 5. The maximum Gasteiger partial charge on any atom is 0.261 e. The van der Waals surface area contributed by atoms with Gasteiger partial charge in [-0.15, -0.1) is 0 Å². The summed E-state index contributed by atoms with van der Waals surface area (Å²) < 4.78 is 28.0. The highest BCUT2D eigenvalue weighted by molar-refractivity contribution is 7.92. The van der Waals surface area contributed by atoms with Gasteiger partial charge in [-0.05, 0) is 43.7 Å². The third kappa shape index (κ3) is 4.29. The quantitative estimate of drug-likeness (QED) is 0.615. The van der Waals surface area contributed by atoms with Crippen LogP contribution in [0.3, 0.4) is 0 Å². The zero-order valence-corrected chi connectivity index (χ0v) is 16.1. The number of aromatic amines is 1. The van der Waals surface area contributed by atoms with Crippen LogP contribution in [0.2, 0.25) is 0 Å². The molecule has 0 radical (unpaired) electrons. The number of sulfonamides is 1. The molecule has 1 aromatic heterocycles. The Hall–Kier alpha value is -3.39. The van der Waals surface area contributed by atoms with E-state index >= 15 is 0 Å². The van der Waals surface area contributed by atoms with Gasteiger partial charge in [0, 0.05) is 24.0 Å². The predicted molar refractivity (Wildman–Crippen MR) is 108 cm³/mol. The molecule has 0 fully saturated rings. The standard InChI is InChI=1S/C20H19N3O4S/c1-13-6-7-17(14(2)10-13)23-28(26,27)16-5-3-4-15(11-16)20(25)22-18-12-21-9-8-19(18)24/h3-12,23H,1-2H3,(H,21,24)(H,22,25). The van der Waals surface area contributed by atoms with Gasteiger partial charge in [-0.3, -0.25) is 14.3 Å². The number of hydrogen-bond acceptors (Lipinski definition) is 4. The molecule has 3 aromatic rings. The van der Waals surface area contributed by atoms with E-state index in [0.29, 0.717) is 5.69 Å². The van der Waals surface area contributed by atoms with E-state index in [2.05, 4.69) is 15.0 Å². The number of hydrogen-bond donors (Lipinski definition) is 3. The minimum atomic E-state index is -3.88. The van der Waals surface area contributed by atoms with Crippen LogP contribution < -0.4 is 15.5 Å². The van der Waals surface area contributed by atoms with Crippen LogP contribution in [0, 0.1) is 13.8 Å². The van der Waals surface area contributed by atoms with Crippen molar-refractivity contribution in [1.82, 2.24) is 4.98 Å². The third-order valence-corrected chi connectivity index (χ3v) is 5.47. The molecule has 0 atom stereocenters. The average molecular weight is 397 g/mol. The Morgan fingerprint density at radius 3 is 2.50 bits per heavy atom. The first-order chi connectivity index (χ1) is 13.3. The number of anilines is 2. The number of carbonyl (C=O) groups excluding carboxylic acids is 1. The van der Waals surface area contributed by atoms with Crippen LogP contribution in [0.1, 0.15) is 21.5 Å². The van der Waals surface area contributed by atoms with Crippen LogP contribution >= 0.6 is 0 Å². The minimum absolute atomic E-state index is 0.0536. The molecule has 0 aliphatic rings. The summed E-state index contributed by atoms with van der Waals surface area (Å²) in [6.45, 7) is 3.73. The number of pyridine rings is 1. The molecular formula is C20H19N3O4S. The van der Waals surface area contributed by atoms with Gasteiger partial charge >= 0.3 is 0 Å². The van der Waals surface area contributed by atoms with Gasteiger partial charge in [-0.25, -0.2) is 8.42 Å². The molecule has 1 amide bonds. The van der Waals surface area contributed by atoms with Crippen molar-refractivity contribution >= 4 is 27.3 Å². The van der Waals surface area contributed by atoms with Gasteiger partial charge in [0.25, 0.3) is 15.9 Å². The van der Waals surface area contributed by atoms with Gasteiger partial charge in [0.15, 0.2) is 0 Å². The molecule has 0 bridgehead atoms. The van der Waals surface area contributed by atoms with Crippen LogP contribution in [-0.2, 0) is 10.0 Å². The van der Waals surface area contributed by atoms with Crippen LogP contribution in [0.5, 0.6) is 0 Å². The van der Waals surface area contributed by atoms with Crippen molar-refractivity contribution in [2.75, 3.05) is 10.0 Å². The summed E-state index contributed by atoms with van der Waals surface area (Å²) in [7, 11) is -3.88. The molecule has 2 aromatic carbocycles. The van der Waals surface area contributed by atoms with Gasteiger partial charge < -0.3 is 10.3 Å². The van der Waals surface area contributed by atoms with Crippen molar-refractivity contribution in [3.8, 4) is 0 Å². The number of aromatic nitrogens is 1. The molecule has 0 unspecified atom stereocenters. The monoisotopic (exact) mass is 397 g/mol. The zero-order chi connectivity index (χ0) is 20.3. The Labute approximate surface area is 162 Å². The number of carbonyl (C=O) groups is 1. The average Bonchev–Trinajstić information content (AvgIpc) is 2.66. The van der Waals surface area contributed by atoms with Crippen LogP contribution in [0.15, 0.2) is 70.6 Å². The van der Waals surface area contributed by atoms with Crippen molar-refractivity contribution in [1.29, 1.82) is 0 Å². The topological polar surface area (TPSA) is 108 Å². The first-order valence-electron chi connectivity index (χ1n) is 8.45. The Kier molecular flexibility index (Phi) is 5.32. The summed E-state index contributed by atoms with van der Waals surface area (Å²) in [6.07, 6.45) is 2.81. The van der Waals surface area contributed by atoms with Crippen molar-refractivity contribution in [2.45, 2.75) is 18.7 Å². The third-order valence-electron chi connectivity index (χ3n) is 4.11. The van der Waals surface area contributed by atoms with Crippen molar-refractivity contribution < 1.29 is 13.2 Å². The van der Waals surface area contributed by atoms with Crippen LogP contribution in [-0.4, -0.2) is 19.3 Å². The van der Waals surface area contributed by atoms with E-state index in [4.69, 9.17) is 0 Å². The largest absolute Gasteiger partial charge is 0.366 e. The fourth-order valence-corrected chi connectivity index (χ4v) is 3.82. The Balaban J connectivity index is 1.86. The Bertz CT molecular complexity index is 1200.